The molecular weight excluding hydrogens is 378 g/mol. The number of aromatic nitrogens is 2. The summed E-state index contributed by atoms with van der Waals surface area (Å²) in [6.07, 6.45) is 2.35. The van der Waals surface area contributed by atoms with Gasteiger partial charge in [-0.15, -0.1) is 0 Å². The number of nitrogens with one attached hydrogen (secondary N) is 1. The van der Waals surface area contributed by atoms with Gasteiger partial charge in [0.15, 0.2) is 5.43 Å². The third-order valence-corrected chi connectivity index (χ3v) is 4.60. The van der Waals surface area contributed by atoms with E-state index >= 15 is 0 Å². The highest BCUT2D eigenvalue weighted by molar-refractivity contribution is 5.93. The normalized spacial score (nSPS) is 11.1. The van der Waals surface area contributed by atoms with Crippen LogP contribution in [0.3, 0.4) is 0 Å². The Morgan fingerprint density at radius 1 is 1.03 bits per heavy atom. The highest BCUT2D eigenvalue weighted by Gasteiger charge is 2.15. The summed E-state index contributed by atoms with van der Waals surface area (Å²) in [6.45, 7) is 1.81. The van der Waals surface area contributed by atoms with E-state index in [-0.39, 0.29) is 5.43 Å². The van der Waals surface area contributed by atoms with E-state index in [2.05, 4.69) is 10.3 Å². The lowest BCUT2D eigenvalue weighted by Gasteiger charge is -2.19. The predicted molar refractivity (Wildman–Crippen MR) is 118 cm³/mol. The van der Waals surface area contributed by atoms with Gasteiger partial charge in [0.1, 0.15) is 5.82 Å². The number of pyridine rings is 2. The predicted octanol–water partition coefficient (Wildman–Crippen LogP) is 4.54. The summed E-state index contributed by atoms with van der Waals surface area (Å²) < 4.78 is 1.94. The standard InChI is InChI=1S/C24H19N3O3/c1-16-14-20-24(19(25-16)12-13-23(29)30)21(28)15-22(26-17-8-4-2-5-9-17)27(20)18-10-6-3-7-11-18/h2-15,26H,1H3,(H,29,30)/b13-12+. The number of hydrogen-bond acceptors (Lipinski definition) is 4. The maximum absolute atomic E-state index is 13.1. The Hall–Kier alpha value is -4.19. The molecule has 6 heteroatoms. The number of rotatable bonds is 5. The van der Waals surface area contributed by atoms with E-state index in [1.807, 2.05) is 78.2 Å². The van der Waals surface area contributed by atoms with Crippen LogP contribution in [0.1, 0.15) is 11.4 Å². The number of benzene rings is 2. The zero-order valence-electron chi connectivity index (χ0n) is 16.2. The van der Waals surface area contributed by atoms with E-state index < -0.39 is 5.97 Å². The van der Waals surface area contributed by atoms with Crippen molar-refractivity contribution < 1.29 is 9.90 Å². The second-order valence-electron chi connectivity index (χ2n) is 6.77. The Kier molecular flexibility index (Phi) is 5.13. The third kappa shape index (κ3) is 3.84. The minimum absolute atomic E-state index is 0.242. The molecule has 2 N–H and O–H groups in total. The lowest BCUT2D eigenvalue weighted by atomic mass is 10.1. The van der Waals surface area contributed by atoms with Gasteiger partial charge in [0, 0.05) is 29.2 Å². The number of anilines is 2. The number of aryl methyl sites for hydroxylation is 1. The van der Waals surface area contributed by atoms with E-state index in [0.29, 0.717) is 28.1 Å². The molecule has 0 atom stereocenters. The monoisotopic (exact) mass is 397 g/mol. The van der Waals surface area contributed by atoms with Crippen LogP contribution >= 0.6 is 0 Å². The largest absolute Gasteiger partial charge is 0.478 e. The number of hydrogen-bond donors (Lipinski definition) is 2. The van der Waals surface area contributed by atoms with Gasteiger partial charge in [-0.2, -0.15) is 0 Å². The van der Waals surface area contributed by atoms with E-state index in [9.17, 15) is 9.59 Å². The van der Waals surface area contributed by atoms with Gasteiger partial charge in [-0.25, -0.2) is 4.79 Å². The average molecular weight is 397 g/mol. The molecule has 0 amide bonds. The lowest BCUT2D eigenvalue weighted by molar-refractivity contribution is -0.131. The Bertz CT molecular complexity index is 1310. The smallest absolute Gasteiger partial charge is 0.328 e. The SMILES string of the molecule is Cc1cc2c(c(/C=C/C(=O)O)n1)c(=O)cc(Nc1ccccc1)n2-c1ccccc1. The number of nitrogens with zero attached hydrogens (tertiary/aromatic N) is 2. The molecule has 30 heavy (non-hydrogen) atoms. The molecule has 0 radical (unpaired) electrons. The summed E-state index contributed by atoms with van der Waals surface area (Å²) in [5.74, 6) is -0.499. The lowest BCUT2D eigenvalue weighted by Crippen LogP contribution is -2.14. The van der Waals surface area contributed by atoms with Gasteiger partial charge in [0.2, 0.25) is 0 Å². The van der Waals surface area contributed by atoms with Crippen molar-refractivity contribution >= 4 is 34.5 Å². The second kappa shape index (κ2) is 8.05. The maximum atomic E-state index is 13.1. The summed E-state index contributed by atoms with van der Waals surface area (Å²) in [6, 6.07) is 22.6. The van der Waals surface area contributed by atoms with Crippen molar-refractivity contribution in [1.82, 2.24) is 9.55 Å². The second-order valence-corrected chi connectivity index (χ2v) is 6.77. The molecule has 4 rings (SSSR count). The van der Waals surface area contributed by atoms with Crippen molar-refractivity contribution in [3.8, 4) is 5.69 Å². The molecule has 0 aliphatic heterocycles. The zero-order chi connectivity index (χ0) is 21.1. The summed E-state index contributed by atoms with van der Waals surface area (Å²) >= 11 is 0. The molecule has 0 unspecified atom stereocenters. The molecule has 0 aliphatic rings. The number of carbonyl (C=O) groups is 1. The van der Waals surface area contributed by atoms with Crippen LogP contribution in [0.2, 0.25) is 0 Å². The van der Waals surface area contributed by atoms with Gasteiger partial charge in [-0.1, -0.05) is 36.4 Å². The fourth-order valence-corrected chi connectivity index (χ4v) is 3.39. The van der Waals surface area contributed by atoms with Crippen LogP contribution in [0.25, 0.3) is 22.7 Å². The van der Waals surface area contributed by atoms with Gasteiger partial charge in [0.25, 0.3) is 0 Å². The number of aliphatic carboxylic acids is 1. The van der Waals surface area contributed by atoms with Gasteiger partial charge in [0.05, 0.1) is 16.6 Å². The minimum atomic E-state index is -1.10. The fraction of sp³-hybridized carbons (Fsp3) is 0.0417. The van der Waals surface area contributed by atoms with Crippen molar-refractivity contribution in [2.75, 3.05) is 5.32 Å². The highest BCUT2D eigenvalue weighted by Crippen LogP contribution is 2.27. The Morgan fingerprint density at radius 2 is 1.70 bits per heavy atom. The number of fused-ring (bicyclic) bond motifs is 1. The van der Waals surface area contributed by atoms with Crippen LogP contribution < -0.4 is 10.7 Å². The molecule has 0 saturated carbocycles. The van der Waals surface area contributed by atoms with Gasteiger partial charge in [-0.3, -0.25) is 14.3 Å². The van der Waals surface area contributed by atoms with Crippen LogP contribution in [-0.2, 0) is 4.79 Å². The molecule has 0 bridgehead atoms. The van der Waals surface area contributed by atoms with Gasteiger partial charge >= 0.3 is 5.97 Å². The molecule has 4 aromatic rings. The number of carboxylic acid groups (broad SMARTS) is 1. The maximum Gasteiger partial charge on any atom is 0.328 e. The molecule has 2 aromatic carbocycles. The summed E-state index contributed by atoms with van der Waals surface area (Å²) in [7, 11) is 0. The van der Waals surface area contributed by atoms with Crippen molar-refractivity contribution in [3.05, 3.63) is 100 Å². The quantitative estimate of drug-likeness (QED) is 0.483. The molecule has 0 saturated heterocycles. The third-order valence-electron chi connectivity index (χ3n) is 4.60. The molecule has 6 nitrogen and oxygen atoms in total. The molecule has 0 aliphatic carbocycles. The molecular formula is C24H19N3O3. The summed E-state index contributed by atoms with van der Waals surface area (Å²) in [4.78, 5) is 28.5. The topological polar surface area (TPSA) is 84.2 Å². The van der Waals surface area contributed by atoms with Crippen LogP contribution in [0.4, 0.5) is 11.5 Å². The summed E-state index contributed by atoms with van der Waals surface area (Å²) in [5, 5.41) is 12.7. The van der Waals surface area contributed by atoms with Crippen molar-refractivity contribution in [3.63, 3.8) is 0 Å². The first-order valence-corrected chi connectivity index (χ1v) is 9.39. The Labute approximate surface area is 172 Å². The first-order chi connectivity index (χ1) is 14.5. The Balaban J connectivity index is 2.05. The van der Waals surface area contributed by atoms with Crippen LogP contribution in [0.5, 0.6) is 0 Å². The van der Waals surface area contributed by atoms with E-state index in [1.165, 1.54) is 12.1 Å². The molecule has 0 spiro atoms. The van der Waals surface area contributed by atoms with E-state index in [1.54, 1.807) is 0 Å². The molecule has 2 heterocycles. The molecule has 148 valence electrons. The van der Waals surface area contributed by atoms with E-state index in [4.69, 9.17) is 5.11 Å². The number of para-hydroxylation sites is 2. The van der Waals surface area contributed by atoms with Crippen LogP contribution in [-0.4, -0.2) is 20.6 Å². The fourth-order valence-electron chi connectivity index (χ4n) is 3.39. The van der Waals surface area contributed by atoms with Crippen molar-refractivity contribution in [2.24, 2.45) is 0 Å². The zero-order valence-corrected chi connectivity index (χ0v) is 16.2. The van der Waals surface area contributed by atoms with Gasteiger partial charge < -0.3 is 10.4 Å². The Morgan fingerprint density at radius 3 is 2.37 bits per heavy atom. The molecule has 0 fully saturated rings. The van der Waals surface area contributed by atoms with Crippen LogP contribution in [0.15, 0.2) is 83.7 Å². The first kappa shape index (κ1) is 19.1. The molecule has 2 aromatic heterocycles. The van der Waals surface area contributed by atoms with Gasteiger partial charge in [-0.05, 0) is 43.3 Å². The van der Waals surface area contributed by atoms with Crippen molar-refractivity contribution in [2.45, 2.75) is 6.92 Å². The van der Waals surface area contributed by atoms with E-state index in [0.717, 1.165) is 17.5 Å². The minimum Gasteiger partial charge on any atom is -0.478 e. The average Bonchev–Trinajstić information content (AvgIpc) is 2.73. The first-order valence-electron chi connectivity index (χ1n) is 9.39. The highest BCUT2D eigenvalue weighted by atomic mass is 16.4. The summed E-state index contributed by atoms with van der Waals surface area (Å²) in [5.41, 5.74) is 3.11. The number of carboxylic acids is 1. The van der Waals surface area contributed by atoms with Crippen molar-refractivity contribution in [1.29, 1.82) is 0 Å². The van der Waals surface area contributed by atoms with Crippen LogP contribution in [0, 0.1) is 6.92 Å².